The number of phenols is 1. The smallest absolute Gasteiger partial charge is 0.313 e. The molecular weight excluding hydrogens is 256 g/mol. The lowest BCUT2D eigenvalue weighted by molar-refractivity contribution is -0.386. The van der Waals surface area contributed by atoms with Crippen molar-refractivity contribution in [2.75, 3.05) is 0 Å². The molecule has 0 spiro atoms. The van der Waals surface area contributed by atoms with E-state index in [9.17, 15) is 15.2 Å². The zero-order valence-corrected chi connectivity index (χ0v) is 11.7. The van der Waals surface area contributed by atoms with Gasteiger partial charge in [0.25, 0.3) is 0 Å². The predicted octanol–water partition coefficient (Wildman–Crippen LogP) is 3.08. The van der Waals surface area contributed by atoms with Crippen LogP contribution in [0, 0.1) is 22.5 Å². The molecule has 0 aromatic heterocycles. The van der Waals surface area contributed by atoms with Crippen LogP contribution in [0.5, 0.6) is 5.75 Å². The number of benzene rings is 1. The van der Waals surface area contributed by atoms with Crippen molar-refractivity contribution >= 4 is 18.1 Å². The van der Waals surface area contributed by atoms with Gasteiger partial charge in [0.1, 0.15) is 0 Å². The second kappa shape index (κ2) is 5.54. The number of hydrogen-bond donors (Lipinski definition) is 2. The molecule has 0 unspecified atom stereocenters. The number of nitro benzene ring substituents is 1. The lowest BCUT2D eigenvalue weighted by Crippen LogP contribution is -2.26. The van der Waals surface area contributed by atoms with Crippen LogP contribution >= 0.6 is 12.4 Å². The van der Waals surface area contributed by atoms with Crippen molar-refractivity contribution in [3.8, 4) is 5.75 Å². The van der Waals surface area contributed by atoms with Gasteiger partial charge in [-0.15, -0.1) is 12.4 Å². The Kier molecular flexibility index (Phi) is 5.13. The minimum atomic E-state index is -0.580. The third-order valence-corrected chi connectivity index (χ3v) is 2.83. The second-order valence-corrected chi connectivity index (χ2v) is 5.27. The Morgan fingerprint density at radius 2 is 1.89 bits per heavy atom. The van der Waals surface area contributed by atoms with E-state index in [-0.39, 0.29) is 29.3 Å². The Bertz CT molecular complexity index is 455. The van der Waals surface area contributed by atoms with Crippen LogP contribution in [0.25, 0.3) is 0 Å². The Morgan fingerprint density at radius 3 is 2.28 bits per heavy atom. The van der Waals surface area contributed by atoms with Crippen LogP contribution in [0.3, 0.4) is 0 Å². The third kappa shape index (κ3) is 3.11. The number of aromatic hydroxyl groups is 1. The summed E-state index contributed by atoms with van der Waals surface area (Å²) in [6.07, 6.45) is 0. The molecule has 0 heterocycles. The molecule has 0 aliphatic carbocycles. The monoisotopic (exact) mass is 274 g/mol. The Morgan fingerprint density at radius 1 is 1.39 bits per heavy atom. The van der Waals surface area contributed by atoms with E-state index in [1.165, 1.54) is 0 Å². The Balaban J connectivity index is 0.00000289. The minimum Gasteiger partial charge on any atom is -0.502 e. The summed E-state index contributed by atoms with van der Waals surface area (Å²) in [5.41, 5.74) is 6.31. The van der Waals surface area contributed by atoms with Crippen LogP contribution in [0.1, 0.15) is 37.9 Å². The summed E-state index contributed by atoms with van der Waals surface area (Å²) in [5.74, 6) is -0.322. The maximum Gasteiger partial charge on any atom is 0.313 e. The number of halogens is 1. The van der Waals surface area contributed by atoms with Gasteiger partial charge in [-0.3, -0.25) is 10.1 Å². The van der Waals surface area contributed by atoms with E-state index in [0.29, 0.717) is 11.1 Å². The number of hydrogen-bond acceptors (Lipinski definition) is 4. The van der Waals surface area contributed by atoms with Gasteiger partial charge in [0, 0.05) is 17.2 Å². The summed E-state index contributed by atoms with van der Waals surface area (Å²) in [5, 5.41) is 20.8. The molecular formula is C12H19ClN2O3. The van der Waals surface area contributed by atoms with Gasteiger partial charge in [-0.05, 0) is 12.3 Å². The fraction of sp³-hybridized carbons (Fsp3) is 0.500. The summed E-state index contributed by atoms with van der Waals surface area (Å²) >= 11 is 0. The fourth-order valence-electron chi connectivity index (χ4n) is 1.64. The fourth-order valence-corrected chi connectivity index (χ4v) is 1.64. The van der Waals surface area contributed by atoms with Crippen LogP contribution in [-0.2, 0) is 0 Å². The molecule has 18 heavy (non-hydrogen) atoms. The van der Waals surface area contributed by atoms with Gasteiger partial charge in [-0.2, -0.15) is 0 Å². The highest BCUT2D eigenvalue weighted by Crippen LogP contribution is 2.40. The molecule has 0 aliphatic heterocycles. The Hall–Kier alpha value is -1.33. The van der Waals surface area contributed by atoms with Gasteiger partial charge in [-0.1, -0.05) is 32.9 Å². The van der Waals surface area contributed by atoms with Crippen LogP contribution in [0.4, 0.5) is 5.69 Å². The number of nitrogens with two attached hydrogens (primary N) is 1. The van der Waals surface area contributed by atoms with E-state index in [1.54, 1.807) is 19.1 Å². The molecule has 0 amide bonds. The van der Waals surface area contributed by atoms with Gasteiger partial charge in [-0.25, -0.2) is 0 Å². The predicted molar refractivity (Wildman–Crippen MR) is 73.1 cm³/mol. The Labute approximate surface area is 113 Å². The molecule has 1 aromatic carbocycles. The second-order valence-electron chi connectivity index (χ2n) is 5.27. The maximum absolute atomic E-state index is 10.9. The van der Waals surface area contributed by atoms with E-state index < -0.39 is 11.0 Å². The van der Waals surface area contributed by atoms with Gasteiger partial charge >= 0.3 is 5.69 Å². The zero-order valence-electron chi connectivity index (χ0n) is 10.9. The van der Waals surface area contributed by atoms with Gasteiger partial charge in [0.05, 0.1) is 4.92 Å². The first kappa shape index (κ1) is 16.7. The maximum atomic E-state index is 10.9. The minimum absolute atomic E-state index is 0. The first-order valence-corrected chi connectivity index (χ1v) is 5.38. The van der Waals surface area contributed by atoms with Gasteiger partial charge in [0.15, 0.2) is 5.75 Å². The van der Waals surface area contributed by atoms with Crippen molar-refractivity contribution in [2.45, 2.75) is 33.7 Å². The molecule has 1 aromatic rings. The molecule has 0 bridgehead atoms. The lowest BCUT2D eigenvalue weighted by Gasteiger charge is -2.27. The van der Waals surface area contributed by atoms with E-state index in [2.05, 4.69) is 0 Å². The molecule has 5 nitrogen and oxygen atoms in total. The van der Waals surface area contributed by atoms with E-state index in [0.717, 1.165) is 0 Å². The highest BCUT2D eigenvalue weighted by molar-refractivity contribution is 5.85. The van der Waals surface area contributed by atoms with E-state index in [4.69, 9.17) is 5.73 Å². The third-order valence-electron chi connectivity index (χ3n) is 2.83. The van der Waals surface area contributed by atoms with Gasteiger partial charge in [0.2, 0.25) is 0 Å². The van der Waals surface area contributed by atoms with Crippen molar-refractivity contribution < 1.29 is 10.0 Å². The molecule has 1 rings (SSSR count). The summed E-state index contributed by atoms with van der Waals surface area (Å²) in [4.78, 5) is 10.3. The molecule has 102 valence electrons. The normalized spacial score (nSPS) is 12.7. The highest BCUT2D eigenvalue weighted by Gasteiger charge is 2.29. The molecule has 0 radical (unpaired) electrons. The average molecular weight is 275 g/mol. The van der Waals surface area contributed by atoms with E-state index >= 15 is 0 Å². The van der Waals surface area contributed by atoms with Crippen molar-refractivity contribution in [1.29, 1.82) is 0 Å². The summed E-state index contributed by atoms with van der Waals surface area (Å²) in [7, 11) is 0. The molecule has 0 aliphatic rings. The van der Waals surface area contributed by atoms with Crippen LogP contribution in [0.2, 0.25) is 0 Å². The average Bonchev–Trinajstić information content (AvgIpc) is 2.15. The number of nitro groups is 1. The molecule has 3 N–H and O–H groups in total. The first-order chi connectivity index (χ1) is 7.66. The van der Waals surface area contributed by atoms with Crippen molar-refractivity contribution in [3.05, 3.63) is 33.4 Å². The zero-order chi connectivity index (χ0) is 13.4. The standard InChI is InChI=1S/C12H18N2O3.ClH/c1-7-5-6-8(11(13)12(2,3)4)10(15)9(7)14(16)17;/h5-6,11,15H,13H2,1-4H3;1H/t11-;/m0./s1. The van der Waals surface area contributed by atoms with Crippen molar-refractivity contribution in [1.82, 2.24) is 0 Å². The largest absolute Gasteiger partial charge is 0.502 e. The summed E-state index contributed by atoms with van der Waals surface area (Å²) in [6, 6.07) is 2.80. The van der Waals surface area contributed by atoms with E-state index in [1.807, 2.05) is 20.8 Å². The lowest BCUT2D eigenvalue weighted by atomic mass is 9.82. The van der Waals surface area contributed by atoms with Crippen LogP contribution in [-0.4, -0.2) is 10.0 Å². The summed E-state index contributed by atoms with van der Waals surface area (Å²) in [6.45, 7) is 7.35. The SMILES string of the molecule is Cc1ccc([C@H](N)C(C)(C)C)c(O)c1[N+](=O)[O-].Cl. The summed E-state index contributed by atoms with van der Waals surface area (Å²) < 4.78 is 0. The number of rotatable bonds is 2. The molecule has 0 fully saturated rings. The first-order valence-electron chi connectivity index (χ1n) is 5.38. The molecule has 0 saturated carbocycles. The highest BCUT2D eigenvalue weighted by atomic mass is 35.5. The number of aryl methyl sites for hydroxylation is 1. The molecule has 6 heteroatoms. The van der Waals surface area contributed by atoms with Crippen molar-refractivity contribution in [2.24, 2.45) is 11.1 Å². The molecule has 0 saturated heterocycles. The quantitative estimate of drug-likeness (QED) is 0.640. The number of nitrogens with zero attached hydrogens (tertiary/aromatic N) is 1. The number of phenolic OH excluding ortho intramolecular Hbond substituents is 1. The van der Waals surface area contributed by atoms with Crippen LogP contribution in [0.15, 0.2) is 12.1 Å². The van der Waals surface area contributed by atoms with Crippen molar-refractivity contribution in [3.63, 3.8) is 0 Å². The van der Waals surface area contributed by atoms with Crippen LogP contribution < -0.4 is 5.73 Å². The topological polar surface area (TPSA) is 89.4 Å². The molecule has 1 atom stereocenters. The van der Waals surface area contributed by atoms with Gasteiger partial charge < -0.3 is 10.8 Å².